The fraction of sp³-hybridized carbons (Fsp3) is 0.161. The summed E-state index contributed by atoms with van der Waals surface area (Å²) in [6, 6.07) is 41.8. The number of hydrazone groups is 2. The molecule has 0 radical (unpaired) electrons. The molecule has 0 heterocycles. The highest BCUT2D eigenvalue weighted by molar-refractivity contribution is 5.78. The first-order valence-corrected chi connectivity index (χ1v) is 12.1. The van der Waals surface area contributed by atoms with E-state index in [9.17, 15) is 0 Å². The fourth-order valence-corrected chi connectivity index (χ4v) is 3.82. The van der Waals surface area contributed by atoms with Crippen LogP contribution in [0.3, 0.4) is 0 Å². The molecule has 0 saturated heterocycles. The molecular formula is C31H32N4. The molecule has 4 rings (SSSR count). The minimum absolute atomic E-state index is 0.667. The molecular weight excluding hydrogens is 428 g/mol. The summed E-state index contributed by atoms with van der Waals surface area (Å²) in [6.45, 7) is 3.05. The van der Waals surface area contributed by atoms with Crippen LogP contribution in [0.25, 0.3) is 0 Å². The Morgan fingerprint density at radius 2 is 0.657 bits per heavy atom. The van der Waals surface area contributed by atoms with Crippen LogP contribution in [0.5, 0.6) is 0 Å². The number of hydrogen-bond acceptors (Lipinski definition) is 4. The summed E-state index contributed by atoms with van der Waals surface area (Å²) >= 11 is 0. The molecule has 0 bridgehead atoms. The van der Waals surface area contributed by atoms with Crippen molar-refractivity contribution in [1.29, 1.82) is 0 Å². The first-order valence-electron chi connectivity index (χ1n) is 12.1. The zero-order chi connectivity index (χ0) is 24.0. The summed E-state index contributed by atoms with van der Waals surface area (Å²) in [5.74, 6) is 0. The van der Waals surface area contributed by atoms with E-state index in [0.29, 0.717) is 6.42 Å². The van der Waals surface area contributed by atoms with E-state index in [1.165, 1.54) is 22.3 Å². The largest absolute Gasteiger partial charge is 0.289 e. The molecule has 0 fully saturated rings. The van der Waals surface area contributed by atoms with Gasteiger partial charge in [0.05, 0.1) is 26.2 Å². The predicted molar refractivity (Wildman–Crippen MR) is 146 cm³/mol. The summed E-state index contributed by atoms with van der Waals surface area (Å²) in [4.78, 5) is 0. The van der Waals surface area contributed by atoms with Crippen LogP contribution in [-0.2, 0) is 26.2 Å². The third kappa shape index (κ3) is 8.59. The highest BCUT2D eigenvalue weighted by atomic mass is 15.5. The van der Waals surface area contributed by atoms with Gasteiger partial charge in [-0.05, 0) is 22.3 Å². The molecule has 35 heavy (non-hydrogen) atoms. The lowest BCUT2D eigenvalue weighted by molar-refractivity contribution is 0.270. The smallest absolute Gasteiger partial charge is 0.0614 e. The monoisotopic (exact) mass is 460 g/mol. The first-order chi connectivity index (χ1) is 17.3. The van der Waals surface area contributed by atoms with Crippen LogP contribution in [0.2, 0.25) is 0 Å². The van der Waals surface area contributed by atoms with Gasteiger partial charge in [0.15, 0.2) is 0 Å². The Hall–Kier alpha value is -4.18. The molecule has 0 aliphatic carbocycles. The van der Waals surface area contributed by atoms with Gasteiger partial charge in [0.25, 0.3) is 0 Å². The maximum Gasteiger partial charge on any atom is 0.0614 e. The molecule has 0 spiro atoms. The van der Waals surface area contributed by atoms with E-state index in [1.54, 1.807) is 0 Å². The Kier molecular flexibility index (Phi) is 9.25. The number of hydrogen-bond donors (Lipinski definition) is 0. The fourth-order valence-electron chi connectivity index (χ4n) is 3.82. The second-order valence-electron chi connectivity index (χ2n) is 8.42. The minimum atomic E-state index is 0.667. The normalized spacial score (nSPS) is 11.2. The molecule has 0 saturated carbocycles. The summed E-state index contributed by atoms with van der Waals surface area (Å²) in [5, 5.41) is 13.8. The second-order valence-corrected chi connectivity index (χ2v) is 8.42. The van der Waals surface area contributed by atoms with Gasteiger partial charge in [-0.15, -0.1) is 0 Å². The van der Waals surface area contributed by atoms with E-state index < -0.39 is 0 Å². The first kappa shape index (κ1) is 24.0. The van der Waals surface area contributed by atoms with Gasteiger partial charge in [-0.1, -0.05) is 121 Å². The van der Waals surface area contributed by atoms with Crippen LogP contribution in [-0.4, -0.2) is 22.4 Å². The van der Waals surface area contributed by atoms with Crippen molar-refractivity contribution in [2.75, 3.05) is 0 Å². The van der Waals surface area contributed by atoms with Crippen molar-refractivity contribution in [3.63, 3.8) is 0 Å². The highest BCUT2D eigenvalue weighted by Crippen LogP contribution is 2.12. The number of rotatable bonds is 12. The molecule has 0 N–H and O–H groups in total. The van der Waals surface area contributed by atoms with E-state index in [2.05, 4.69) is 107 Å². The molecule has 0 amide bonds. The Balaban J connectivity index is 1.39. The Labute approximate surface area is 208 Å². The minimum Gasteiger partial charge on any atom is -0.289 e. The zero-order valence-electron chi connectivity index (χ0n) is 20.0. The maximum absolute atomic E-state index is 4.78. The van der Waals surface area contributed by atoms with Crippen molar-refractivity contribution in [2.45, 2.75) is 32.6 Å². The summed E-state index contributed by atoms with van der Waals surface area (Å²) < 4.78 is 0. The van der Waals surface area contributed by atoms with E-state index >= 15 is 0 Å². The Morgan fingerprint density at radius 1 is 0.400 bits per heavy atom. The molecule has 0 aliphatic rings. The lowest BCUT2D eigenvalue weighted by atomic mass is 10.2. The van der Waals surface area contributed by atoms with Crippen molar-refractivity contribution in [1.82, 2.24) is 10.0 Å². The van der Waals surface area contributed by atoms with Crippen molar-refractivity contribution in [2.24, 2.45) is 10.2 Å². The average molecular weight is 461 g/mol. The lowest BCUT2D eigenvalue weighted by Crippen LogP contribution is -2.17. The molecule has 0 aliphatic heterocycles. The van der Waals surface area contributed by atoms with Crippen molar-refractivity contribution >= 4 is 12.4 Å². The Morgan fingerprint density at radius 3 is 0.914 bits per heavy atom. The molecule has 4 nitrogen and oxygen atoms in total. The van der Waals surface area contributed by atoms with Crippen LogP contribution >= 0.6 is 0 Å². The molecule has 4 heteroatoms. The number of benzene rings is 4. The third-order valence-corrected chi connectivity index (χ3v) is 5.53. The zero-order valence-corrected chi connectivity index (χ0v) is 20.0. The van der Waals surface area contributed by atoms with Crippen LogP contribution in [0, 0.1) is 0 Å². The second kappa shape index (κ2) is 13.5. The van der Waals surface area contributed by atoms with Gasteiger partial charge >= 0.3 is 0 Å². The molecule has 176 valence electrons. The maximum atomic E-state index is 4.78. The SMILES string of the molecule is C(CC=NN(Cc1ccccc1)Cc1ccccc1)=NN(Cc1ccccc1)Cc1ccccc1. The van der Waals surface area contributed by atoms with Crippen LogP contribution in [0.1, 0.15) is 28.7 Å². The van der Waals surface area contributed by atoms with Gasteiger partial charge in [0.1, 0.15) is 0 Å². The van der Waals surface area contributed by atoms with Gasteiger partial charge in [-0.3, -0.25) is 10.0 Å². The van der Waals surface area contributed by atoms with Gasteiger partial charge < -0.3 is 0 Å². The highest BCUT2D eigenvalue weighted by Gasteiger charge is 2.05. The van der Waals surface area contributed by atoms with Crippen LogP contribution in [0.15, 0.2) is 132 Å². The molecule has 0 aromatic heterocycles. The topological polar surface area (TPSA) is 31.2 Å². The third-order valence-electron chi connectivity index (χ3n) is 5.53. The molecule has 4 aromatic rings. The average Bonchev–Trinajstić information content (AvgIpc) is 2.91. The van der Waals surface area contributed by atoms with E-state index in [1.807, 2.05) is 36.7 Å². The standard InChI is InChI=1S/C31H32N4/c1-5-14-28(15-6-1)24-34(25-29-16-7-2-8-17-29)32-22-13-23-33-35(26-30-18-9-3-10-19-30)27-31-20-11-4-12-21-31/h1-12,14-23H,13,24-27H2. The van der Waals surface area contributed by atoms with Crippen LogP contribution < -0.4 is 0 Å². The van der Waals surface area contributed by atoms with Crippen molar-refractivity contribution < 1.29 is 0 Å². The summed E-state index contributed by atoms with van der Waals surface area (Å²) in [6.07, 6.45) is 4.55. The Bertz CT molecular complexity index is 982. The van der Waals surface area contributed by atoms with E-state index in [4.69, 9.17) is 10.2 Å². The van der Waals surface area contributed by atoms with Gasteiger partial charge in [-0.2, -0.15) is 10.2 Å². The quantitative estimate of drug-likeness (QED) is 0.173. The van der Waals surface area contributed by atoms with Crippen LogP contribution in [0.4, 0.5) is 0 Å². The molecule has 0 atom stereocenters. The van der Waals surface area contributed by atoms with Gasteiger partial charge in [-0.25, -0.2) is 0 Å². The van der Waals surface area contributed by atoms with Crippen molar-refractivity contribution in [3.05, 3.63) is 144 Å². The van der Waals surface area contributed by atoms with Gasteiger partial charge in [0, 0.05) is 18.9 Å². The number of nitrogens with zero attached hydrogens (tertiary/aromatic N) is 4. The van der Waals surface area contributed by atoms with E-state index in [0.717, 1.165) is 26.2 Å². The predicted octanol–water partition coefficient (Wildman–Crippen LogP) is 6.75. The summed E-state index contributed by atoms with van der Waals surface area (Å²) in [5.41, 5.74) is 4.97. The van der Waals surface area contributed by atoms with Gasteiger partial charge in [0.2, 0.25) is 0 Å². The van der Waals surface area contributed by atoms with Crippen molar-refractivity contribution in [3.8, 4) is 0 Å². The summed E-state index contributed by atoms with van der Waals surface area (Å²) in [7, 11) is 0. The molecule has 0 unspecified atom stereocenters. The molecule has 4 aromatic carbocycles. The van der Waals surface area contributed by atoms with E-state index in [-0.39, 0.29) is 0 Å². The lowest BCUT2D eigenvalue weighted by Gasteiger charge is -2.20.